The number of ether oxygens (including phenoxy) is 2. The SMILES string of the molecule is CC(C)CCCCCCOC(=O)C(=O)OCCCCCCC(C)C. The molecule has 0 aromatic rings. The van der Waals surface area contributed by atoms with E-state index in [0.29, 0.717) is 13.2 Å². The smallest absolute Gasteiger partial charge is 0.417 e. The Morgan fingerprint density at radius 1 is 0.583 bits per heavy atom. The molecule has 0 aliphatic heterocycles. The second kappa shape index (κ2) is 15.5. The maximum absolute atomic E-state index is 11.5. The summed E-state index contributed by atoms with van der Waals surface area (Å²) in [6.45, 7) is 9.51. The van der Waals surface area contributed by atoms with Crippen LogP contribution in [0.1, 0.15) is 91.9 Å². The summed E-state index contributed by atoms with van der Waals surface area (Å²) < 4.78 is 9.88. The van der Waals surface area contributed by atoms with Crippen LogP contribution >= 0.6 is 0 Å². The topological polar surface area (TPSA) is 52.6 Å². The summed E-state index contributed by atoms with van der Waals surface area (Å²) in [5, 5.41) is 0. The number of hydrogen-bond acceptors (Lipinski definition) is 4. The van der Waals surface area contributed by atoms with E-state index in [1.165, 1.54) is 25.7 Å². The Morgan fingerprint density at radius 3 is 1.25 bits per heavy atom. The minimum absolute atomic E-state index is 0.310. The number of hydrogen-bond donors (Lipinski definition) is 0. The monoisotopic (exact) mass is 342 g/mol. The van der Waals surface area contributed by atoms with Gasteiger partial charge in [0.25, 0.3) is 0 Å². The van der Waals surface area contributed by atoms with Crippen molar-refractivity contribution in [2.24, 2.45) is 11.8 Å². The molecule has 0 unspecified atom stereocenters. The van der Waals surface area contributed by atoms with Crippen molar-refractivity contribution in [1.29, 1.82) is 0 Å². The maximum atomic E-state index is 11.5. The molecular formula is C20H38O4. The van der Waals surface area contributed by atoms with Gasteiger partial charge in [0.1, 0.15) is 0 Å². The molecular weight excluding hydrogens is 304 g/mol. The fourth-order valence-electron chi connectivity index (χ4n) is 2.46. The lowest BCUT2D eigenvalue weighted by atomic mass is 10.0. The second-order valence-electron chi connectivity index (χ2n) is 7.47. The van der Waals surface area contributed by atoms with Gasteiger partial charge >= 0.3 is 11.9 Å². The van der Waals surface area contributed by atoms with E-state index in [9.17, 15) is 9.59 Å². The zero-order valence-corrected chi connectivity index (χ0v) is 16.3. The summed E-state index contributed by atoms with van der Waals surface area (Å²) in [5.74, 6) is -0.213. The molecule has 0 fully saturated rings. The molecule has 0 aliphatic rings. The largest absolute Gasteiger partial charge is 0.457 e. The highest BCUT2D eigenvalue weighted by Crippen LogP contribution is 2.10. The van der Waals surface area contributed by atoms with Crippen molar-refractivity contribution in [3.63, 3.8) is 0 Å². The first kappa shape index (κ1) is 22.9. The van der Waals surface area contributed by atoms with Gasteiger partial charge < -0.3 is 9.47 Å². The second-order valence-corrected chi connectivity index (χ2v) is 7.47. The third-order valence-electron chi connectivity index (χ3n) is 3.98. The predicted octanol–water partition coefficient (Wildman–Crippen LogP) is 5.29. The van der Waals surface area contributed by atoms with Crippen molar-refractivity contribution in [1.82, 2.24) is 0 Å². The minimum Gasteiger partial charge on any atom is -0.457 e. The number of rotatable bonds is 14. The summed E-state index contributed by atoms with van der Waals surface area (Å²) >= 11 is 0. The van der Waals surface area contributed by atoms with E-state index in [-0.39, 0.29) is 0 Å². The van der Waals surface area contributed by atoms with Gasteiger partial charge in [-0.15, -0.1) is 0 Å². The summed E-state index contributed by atoms with van der Waals surface area (Å²) in [4.78, 5) is 22.9. The van der Waals surface area contributed by atoms with Gasteiger partial charge in [-0.3, -0.25) is 0 Å². The average Bonchev–Trinajstić information content (AvgIpc) is 2.51. The van der Waals surface area contributed by atoms with Crippen LogP contribution in [-0.2, 0) is 19.1 Å². The Balaban J connectivity index is 3.42. The molecule has 4 heteroatoms. The molecule has 0 saturated heterocycles. The van der Waals surface area contributed by atoms with Gasteiger partial charge in [-0.25, -0.2) is 9.59 Å². The van der Waals surface area contributed by atoms with E-state index in [4.69, 9.17) is 9.47 Å². The van der Waals surface area contributed by atoms with Gasteiger partial charge in [0.15, 0.2) is 0 Å². The summed E-state index contributed by atoms with van der Waals surface area (Å²) in [5.41, 5.74) is 0. The van der Waals surface area contributed by atoms with Crippen LogP contribution in [0.25, 0.3) is 0 Å². The van der Waals surface area contributed by atoms with E-state index in [2.05, 4.69) is 27.7 Å². The van der Waals surface area contributed by atoms with E-state index in [1.54, 1.807) is 0 Å². The molecule has 142 valence electrons. The predicted molar refractivity (Wildman–Crippen MR) is 97.8 cm³/mol. The highest BCUT2D eigenvalue weighted by atomic mass is 16.6. The van der Waals surface area contributed by atoms with Crippen molar-refractivity contribution in [2.45, 2.75) is 91.9 Å². The standard InChI is InChI=1S/C20H38O4/c1-17(2)13-9-5-7-11-15-23-19(21)20(22)24-16-12-8-6-10-14-18(3)4/h17-18H,5-16H2,1-4H3. The molecule has 0 rings (SSSR count). The molecule has 0 aliphatic carbocycles. The quantitative estimate of drug-likeness (QED) is 0.245. The van der Waals surface area contributed by atoms with Gasteiger partial charge in [-0.2, -0.15) is 0 Å². The van der Waals surface area contributed by atoms with E-state index < -0.39 is 11.9 Å². The van der Waals surface area contributed by atoms with Crippen molar-refractivity contribution in [3.8, 4) is 0 Å². The van der Waals surface area contributed by atoms with Crippen LogP contribution in [0.15, 0.2) is 0 Å². The molecule has 0 aromatic heterocycles. The van der Waals surface area contributed by atoms with Crippen LogP contribution in [0.5, 0.6) is 0 Å². The summed E-state index contributed by atoms with van der Waals surface area (Å²) in [6, 6.07) is 0. The van der Waals surface area contributed by atoms with Crippen LogP contribution in [0, 0.1) is 11.8 Å². The molecule has 24 heavy (non-hydrogen) atoms. The fraction of sp³-hybridized carbons (Fsp3) is 0.900. The van der Waals surface area contributed by atoms with Crippen LogP contribution in [-0.4, -0.2) is 25.2 Å². The van der Waals surface area contributed by atoms with Crippen molar-refractivity contribution >= 4 is 11.9 Å². The maximum Gasteiger partial charge on any atom is 0.417 e. The molecule has 0 bridgehead atoms. The number of carbonyl (C=O) groups is 2. The molecule has 4 nitrogen and oxygen atoms in total. The number of esters is 2. The third kappa shape index (κ3) is 15.8. The highest BCUT2D eigenvalue weighted by molar-refractivity contribution is 6.29. The Labute approximate surface area is 148 Å². The molecule has 0 amide bonds. The molecule has 0 heterocycles. The molecule has 0 radical (unpaired) electrons. The van der Waals surface area contributed by atoms with Gasteiger partial charge in [0.2, 0.25) is 0 Å². The van der Waals surface area contributed by atoms with Crippen molar-refractivity contribution in [2.75, 3.05) is 13.2 Å². The number of carbonyl (C=O) groups excluding carboxylic acids is 2. The van der Waals surface area contributed by atoms with Gasteiger partial charge in [0.05, 0.1) is 13.2 Å². The van der Waals surface area contributed by atoms with Crippen LogP contribution in [0.3, 0.4) is 0 Å². The lowest BCUT2D eigenvalue weighted by molar-refractivity contribution is -0.167. The Kier molecular flexibility index (Phi) is 14.8. The summed E-state index contributed by atoms with van der Waals surface area (Å²) in [7, 11) is 0. The van der Waals surface area contributed by atoms with Gasteiger partial charge in [0, 0.05) is 0 Å². The van der Waals surface area contributed by atoms with Gasteiger partial charge in [-0.1, -0.05) is 79.1 Å². The first-order valence-electron chi connectivity index (χ1n) is 9.77. The molecule has 0 saturated carbocycles. The normalized spacial score (nSPS) is 11.1. The zero-order valence-electron chi connectivity index (χ0n) is 16.3. The molecule has 0 spiro atoms. The van der Waals surface area contributed by atoms with Crippen LogP contribution in [0.4, 0.5) is 0 Å². The highest BCUT2D eigenvalue weighted by Gasteiger charge is 2.16. The van der Waals surface area contributed by atoms with Gasteiger partial charge in [-0.05, 0) is 24.7 Å². The van der Waals surface area contributed by atoms with E-state index >= 15 is 0 Å². The van der Waals surface area contributed by atoms with E-state index in [1.807, 2.05) is 0 Å². The first-order chi connectivity index (χ1) is 11.4. The zero-order chi connectivity index (χ0) is 18.2. The lowest BCUT2D eigenvalue weighted by Gasteiger charge is -2.07. The summed E-state index contributed by atoms with van der Waals surface area (Å²) in [6.07, 6.45) is 10.9. The Morgan fingerprint density at radius 2 is 0.917 bits per heavy atom. The fourth-order valence-corrected chi connectivity index (χ4v) is 2.46. The third-order valence-corrected chi connectivity index (χ3v) is 3.98. The lowest BCUT2D eigenvalue weighted by Crippen LogP contribution is -2.21. The molecule has 0 N–H and O–H groups in total. The Bertz CT molecular complexity index is 292. The van der Waals surface area contributed by atoms with E-state index in [0.717, 1.165) is 50.4 Å². The van der Waals surface area contributed by atoms with Crippen molar-refractivity contribution in [3.05, 3.63) is 0 Å². The molecule has 0 atom stereocenters. The minimum atomic E-state index is -0.850. The number of unbranched alkanes of at least 4 members (excludes halogenated alkanes) is 6. The van der Waals surface area contributed by atoms with Crippen LogP contribution in [0.2, 0.25) is 0 Å². The van der Waals surface area contributed by atoms with Crippen molar-refractivity contribution < 1.29 is 19.1 Å². The average molecular weight is 343 g/mol. The first-order valence-corrected chi connectivity index (χ1v) is 9.77. The van der Waals surface area contributed by atoms with Crippen LogP contribution < -0.4 is 0 Å². The Hall–Kier alpha value is -1.06. The molecule has 0 aromatic carbocycles.